The molecule has 3 fully saturated rings. The van der Waals surface area contributed by atoms with Crippen LogP contribution in [-0.4, -0.2) is 82.1 Å². The SMILES string of the molecule is C=CCCC(=O)NC[C@@H](OC(=O)[C@@H]1[C@H]2C(=O)N([C@@H](CO)C(C)C)[C@H](C(=O)N(CC=C)Cc3ccccc3)[C@]23CC[C@H]1O3)c1ccccc1. The summed E-state index contributed by atoms with van der Waals surface area (Å²) in [7, 11) is 0. The van der Waals surface area contributed by atoms with Gasteiger partial charge in [-0.25, -0.2) is 0 Å². The predicted molar refractivity (Wildman–Crippen MR) is 180 cm³/mol. The van der Waals surface area contributed by atoms with E-state index in [0.717, 1.165) is 5.56 Å². The van der Waals surface area contributed by atoms with Gasteiger partial charge in [-0.3, -0.25) is 19.2 Å². The molecule has 0 saturated carbocycles. The minimum atomic E-state index is -1.26. The van der Waals surface area contributed by atoms with Crippen molar-refractivity contribution in [2.75, 3.05) is 19.7 Å². The van der Waals surface area contributed by atoms with E-state index in [-0.39, 0.29) is 43.8 Å². The van der Waals surface area contributed by atoms with Gasteiger partial charge in [0.05, 0.1) is 37.1 Å². The first-order valence-corrected chi connectivity index (χ1v) is 16.8. The monoisotopic (exact) mass is 657 g/mol. The molecule has 2 aromatic carbocycles. The average Bonchev–Trinajstić information content (AvgIpc) is 3.73. The van der Waals surface area contributed by atoms with E-state index in [1.54, 1.807) is 17.1 Å². The standard InChI is InChI=1S/C38H47N3O7/c1-5-7-18-31(43)39-22-30(27-16-12-9-13-17-27)47-37(46)32-29-19-20-38(48-29)33(32)35(44)41(28(24-42)25(3)4)34(38)36(45)40(21-6-2)23-26-14-10-8-11-15-26/h5-6,8-17,25,28-30,32-34,42H,1-2,7,18-24H2,3-4H3,(H,39,43)/t28-,29+,30+,32-,33-,34+,38-/m0/s1. The van der Waals surface area contributed by atoms with Crippen LogP contribution in [-0.2, 0) is 35.2 Å². The lowest BCUT2D eigenvalue weighted by Gasteiger charge is -2.40. The number of fused-ring (bicyclic) bond motifs is 1. The van der Waals surface area contributed by atoms with Crippen molar-refractivity contribution in [1.82, 2.24) is 15.1 Å². The fraction of sp³-hybridized carbons (Fsp3) is 0.474. The minimum absolute atomic E-state index is 0.0525. The van der Waals surface area contributed by atoms with E-state index < -0.39 is 53.6 Å². The Hall–Kier alpha value is -4.28. The maximum Gasteiger partial charge on any atom is 0.313 e. The summed E-state index contributed by atoms with van der Waals surface area (Å²) in [5.41, 5.74) is 0.353. The highest BCUT2D eigenvalue weighted by Crippen LogP contribution is 2.59. The molecule has 5 rings (SSSR count). The summed E-state index contributed by atoms with van der Waals surface area (Å²) in [4.78, 5) is 59.1. The lowest BCUT2D eigenvalue weighted by molar-refractivity contribution is -0.161. The topological polar surface area (TPSA) is 125 Å². The number of rotatable bonds is 16. The summed E-state index contributed by atoms with van der Waals surface area (Å²) in [6.07, 6.45) is 3.56. The Bertz CT molecular complexity index is 1480. The van der Waals surface area contributed by atoms with E-state index in [2.05, 4.69) is 18.5 Å². The minimum Gasteiger partial charge on any atom is -0.455 e. The smallest absolute Gasteiger partial charge is 0.313 e. The molecule has 0 aliphatic carbocycles. The number of nitrogens with zero attached hydrogens (tertiary/aromatic N) is 2. The Morgan fingerprint density at radius 2 is 1.79 bits per heavy atom. The summed E-state index contributed by atoms with van der Waals surface area (Å²) >= 11 is 0. The summed E-state index contributed by atoms with van der Waals surface area (Å²) in [5, 5.41) is 13.4. The molecule has 48 heavy (non-hydrogen) atoms. The maximum atomic E-state index is 14.7. The molecule has 10 nitrogen and oxygen atoms in total. The number of aliphatic hydroxyl groups excluding tert-OH is 1. The highest BCUT2D eigenvalue weighted by Gasteiger charge is 2.75. The number of carbonyl (C=O) groups is 4. The molecule has 0 aromatic heterocycles. The van der Waals surface area contributed by atoms with E-state index in [1.807, 2.05) is 74.5 Å². The van der Waals surface area contributed by atoms with Gasteiger partial charge in [-0.15, -0.1) is 13.2 Å². The van der Waals surface area contributed by atoms with E-state index in [0.29, 0.717) is 31.4 Å². The molecule has 3 saturated heterocycles. The Labute approximate surface area is 282 Å². The van der Waals surface area contributed by atoms with E-state index in [4.69, 9.17) is 9.47 Å². The molecule has 3 aliphatic heterocycles. The number of hydrogen-bond acceptors (Lipinski definition) is 7. The molecular weight excluding hydrogens is 610 g/mol. The van der Waals surface area contributed by atoms with Crippen LogP contribution in [0.25, 0.3) is 0 Å². The predicted octanol–water partition coefficient (Wildman–Crippen LogP) is 3.96. The highest BCUT2D eigenvalue weighted by molar-refractivity contribution is 5.98. The number of nitrogens with one attached hydrogen (secondary N) is 1. The fourth-order valence-electron chi connectivity index (χ4n) is 7.62. The molecule has 10 heteroatoms. The molecule has 3 heterocycles. The fourth-order valence-corrected chi connectivity index (χ4v) is 7.62. The molecule has 3 amide bonds. The summed E-state index contributed by atoms with van der Waals surface area (Å²) < 4.78 is 12.8. The van der Waals surface area contributed by atoms with Crippen LogP contribution in [0.5, 0.6) is 0 Å². The highest BCUT2D eigenvalue weighted by atomic mass is 16.6. The van der Waals surface area contributed by atoms with Crippen LogP contribution in [0.1, 0.15) is 56.8 Å². The van der Waals surface area contributed by atoms with Gasteiger partial charge in [-0.2, -0.15) is 0 Å². The summed E-state index contributed by atoms with van der Waals surface area (Å²) in [6, 6.07) is 17.0. The number of aliphatic hydroxyl groups is 1. The van der Waals surface area contributed by atoms with Gasteiger partial charge in [0.2, 0.25) is 17.7 Å². The number of esters is 1. The van der Waals surface area contributed by atoms with Crippen molar-refractivity contribution in [3.63, 3.8) is 0 Å². The van der Waals surface area contributed by atoms with Gasteiger partial charge in [0.15, 0.2) is 0 Å². The molecule has 2 aromatic rings. The van der Waals surface area contributed by atoms with E-state index in [9.17, 15) is 24.3 Å². The van der Waals surface area contributed by atoms with Crippen LogP contribution in [0, 0.1) is 17.8 Å². The molecule has 2 N–H and O–H groups in total. The third-order valence-electron chi connectivity index (χ3n) is 9.93. The Morgan fingerprint density at radius 1 is 1.10 bits per heavy atom. The molecule has 0 radical (unpaired) electrons. The van der Waals surface area contributed by atoms with Gasteiger partial charge in [0.1, 0.15) is 17.7 Å². The van der Waals surface area contributed by atoms with Crippen LogP contribution in [0.15, 0.2) is 86.0 Å². The largest absolute Gasteiger partial charge is 0.455 e. The summed E-state index contributed by atoms with van der Waals surface area (Å²) in [6.45, 7) is 11.6. The molecule has 7 atom stereocenters. The lowest BCUT2D eigenvalue weighted by atomic mass is 9.70. The van der Waals surface area contributed by atoms with Gasteiger partial charge in [0.25, 0.3) is 0 Å². The number of carbonyl (C=O) groups excluding carboxylic acids is 4. The van der Waals surface area contributed by atoms with E-state index in [1.165, 1.54) is 4.90 Å². The second-order valence-corrected chi connectivity index (χ2v) is 13.3. The van der Waals surface area contributed by atoms with Crippen molar-refractivity contribution < 1.29 is 33.8 Å². The first kappa shape index (κ1) is 35.0. The van der Waals surface area contributed by atoms with Gasteiger partial charge < -0.3 is 29.7 Å². The van der Waals surface area contributed by atoms with E-state index >= 15 is 0 Å². The van der Waals surface area contributed by atoms with Crippen molar-refractivity contribution in [2.24, 2.45) is 17.8 Å². The zero-order valence-corrected chi connectivity index (χ0v) is 27.8. The third-order valence-corrected chi connectivity index (χ3v) is 9.93. The Balaban J connectivity index is 1.47. The Kier molecular flexibility index (Phi) is 11.2. The third kappa shape index (κ3) is 6.82. The lowest BCUT2D eigenvalue weighted by Crippen LogP contribution is -2.59. The average molecular weight is 658 g/mol. The van der Waals surface area contributed by atoms with Crippen LogP contribution in [0.4, 0.5) is 0 Å². The second kappa shape index (κ2) is 15.3. The molecule has 1 spiro atoms. The second-order valence-electron chi connectivity index (χ2n) is 13.3. The maximum absolute atomic E-state index is 14.7. The molecule has 3 aliphatic rings. The first-order valence-electron chi connectivity index (χ1n) is 16.8. The van der Waals surface area contributed by atoms with Crippen molar-refractivity contribution in [2.45, 2.75) is 76.0 Å². The molecule has 0 unspecified atom stereocenters. The Morgan fingerprint density at radius 3 is 2.42 bits per heavy atom. The number of likely N-dealkylation sites (tertiary alicyclic amines) is 1. The number of hydrogen-bond donors (Lipinski definition) is 2. The number of ether oxygens (including phenoxy) is 2. The van der Waals surface area contributed by atoms with Crippen molar-refractivity contribution in [1.29, 1.82) is 0 Å². The zero-order valence-electron chi connectivity index (χ0n) is 27.8. The summed E-state index contributed by atoms with van der Waals surface area (Å²) in [5.74, 6) is -3.61. The van der Waals surface area contributed by atoms with Gasteiger partial charge >= 0.3 is 5.97 Å². The number of allylic oxidation sites excluding steroid dienone is 1. The van der Waals surface area contributed by atoms with Gasteiger partial charge in [-0.1, -0.05) is 86.7 Å². The number of amides is 3. The van der Waals surface area contributed by atoms with Gasteiger partial charge in [-0.05, 0) is 36.3 Å². The van der Waals surface area contributed by atoms with Crippen LogP contribution < -0.4 is 5.32 Å². The van der Waals surface area contributed by atoms with Crippen LogP contribution in [0.2, 0.25) is 0 Å². The first-order chi connectivity index (χ1) is 23.2. The van der Waals surface area contributed by atoms with Crippen LogP contribution >= 0.6 is 0 Å². The zero-order chi connectivity index (χ0) is 34.4. The molecule has 256 valence electrons. The normalized spacial score (nSPS) is 25.3. The molecular formula is C38H47N3O7. The number of benzene rings is 2. The van der Waals surface area contributed by atoms with Crippen molar-refractivity contribution in [3.8, 4) is 0 Å². The van der Waals surface area contributed by atoms with Crippen molar-refractivity contribution in [3.05, 3.63) is 97.1 Å². The van der Waals surface area contributed by atoms with Gasteiger partial charge in [0, 0.05) is 19.5 Å². The quantitative estimate of drug-likeness (QED) is 0.207. The van der Waals surface area contributed by atoms with Crippen molar-refractivity contribution >= 4 is 23.7 Å². The molecule has 2 bridgehead atoms. The van der Waals surface area contributed by atoms with Crippen LogP contribution in [0.3, 0.4) is 0 Å².